The fourth-order valence-corrected chi connectivity index (χ4v) is 4.08. The van der Waals surface area contributed by atoms with Gasteiger partial charge in [-0.05, 0) is 31.5 Å². The lowest BCUT2D eigenvalue weighted by atomic mass is 10.0. The topological polar surface area (TPSA) is 71.8 Å². The van der Waals surface area contributed by atoms with Crippen molar-refractivity contribution < 1.29 is 9.18 Å². The maximum atomic E-state index is 14.0. The molecule has 4 rings (SSSR count). The van der Waals surface area contributed by atoms with Crippen molar-refractivity contribution in [2.45, 2.75) is 30.3 Å². The number of nitrogens with one attached hydrogen (secondary N) is 2. The summed E-state index contributed by atoms with van der Waals surface area (Å²) >= 11 is 1.31. The molecule has 2 atom stereocenters. The Morgan fingerprint density at radius 2 is 1.89 bits per heavy atom. The minimum atomic E-state index is -0.539. The molecule has 138 valence electrons. The summed E-state index contributed by atoms with van der Waals surface area (Å²) in [5, 5.41) is 10.9. The van der Waals surface area contributed by atoms with E-state index in [0.29, 0.717) is 11.0 Å². The van der Waals surface area contributed by atoms with Crippen LogP contribution in [0, 0.1) is 19.7 Å². The molecule has 6 nitrogen and oxygen atoms in total. The van der Waals surface area contributed by atoms with Crippen LogP contribution < -0.4 is 10.7 Å². The molecule has 0 bridgehead atoms. The molecule has 0 radical (unpaired) electrons. The van der Waals surface area contributed by atoms with Crippen LogP contribution in [-0.2, 0) is 4.79 Å². The van der Waals surface area contributed by atoms with Gasteiger partial charge in [-0.2, -0.15) is 0 Å². The lowest BCUT2D eigenvalue weighted by Gasteiger charge is -2.32. The van der Waals surface area contributed by atoms with Gasteiger partial charge < -0.3 is 10.7 Å². The van der Waals surface area contributed by atoms with Gasteiger partial charge in [-0.3, -0.25) is 4.79 Å². The number of carbonyl (C=O) groups is 1. The molecule has 2 N–H and O–H groups in total. The summed E-state index contributed by atoms with van der Waals surface area (Å²) < 4.78 is 15.7. The van der Waals surface area contributed by atoms with Crippen molar-refractivity contribution in [3.8, 4) is 0 Å². The van der Waals surface area contributed by atoms with Gasteiger partial charge in [-0.1, -0.05) is 53.7 Å². The molecule has 1 aliphatic rings. The molecule has 0 unspecified atom stereocenters. The number of halogens is 1. The van der Waals surface area contributed by atoms with Crippen molar-refractivity contribution in [3.63, 3.8) is 0 Å². The van der Waals surface area contributed by atoms with Crippen LogP contribution in [0.2, 0.25) is 0 Å². The molecular weight excluding hydrogens is 365 g/mol. The van der Waals surface area contributed by atoms with Crippen LogP contribution in [0.15, 0.2) is 53.7 Å². The van der Waals surface area contributed by atoms with Crippen LogP contribution in [0.25, 0.3) is 0 Å². The first-order valence-electron chi connectivity index (χ1n) is 8.50. The Morgan fingerprint density at radius 3 is 2.63 bits per heavy atom. The quantitative estimate of drug-likeness (QED) is 0.725. The van der Waals surface area contributed by atoms with E-state index in [-0.39, 0.29) is 17.6 Å². The van der Waals surface area contributed by atoms with Gasteiger partial charge in [-0.15, -0.1) is 10.2 Å². The average Bonchev–Trinajstić information content (AvgIpc) is 3.03. The van der Waals surface area contributed by atoms with Crippen LogP contribution in [-0.4, -0.2) is 26.0 Å². The van der Waals surface area contributed by atoms with Gasteiger partial charge in [0, 0.05) is 0 Å². The number of aryl methyl sites for hydroxylation is 2. The van der Waals surface area contributed by atoms with Gasteiger partial charge >= 0.3 is 0 Å². The number of thioether (sulfide) groups is 1. The monoisotopic (exact) mass is 383 g/mol. The molecule has 1 amide bonds. The highest BCUT2D eigenvalue weighted by molar-refractivity contribution is 8.00. The summed E-state index contributed by atoms with van der Waals surface area (Å²) in [5.41, 5.74) is 5.58. The highest BCUT2D eigenvalue weighted by Gasteiger charge is 2.37. The zero-order valence-electron chi connectivity index (χ0n) is 14.8. The van der Waals surface area contributed by atoms with Crippen molar-refractivity contribution in [1.82, 2.24) is 14.9 Å². The van der Waals surface area contributed by atoms with Crippen LogP contribution in [0.1, 0.15) is 23.0 Å². The van der Waals surface area contributed by atoms with Gasteiger partial charge in [0.2, 0.25) is 11.1 Å². The number of amides is 1. The zero-order valence-corrected chi connectivity index (χ0v) is 15.6. The van der Waals surface area contributed by atoms with E-state index in [1.807, 2.05) is 38.1 Å². The Morgan fingerprint density at radius 1 is 1.15 bits per heavy atom. The first kappa shape index (κ1) is 17.5. The normalized spacial score (nSPS) is 18.5. The molecule has 2 aromatic carbocycles. The number of benzene rings is 2. The molecule has 0 aliphatic carbocycles. The summed E-state index contributed by atoms with van der Waals surface area (Å²) in [5.74, 6) is -0.0526. The Balaban J connectivity index is 1.68. The SMILES string of the molecule is Cc1ccc([C@H]2Nn3c(C)nnc3S[C@H]2C(=O)Nc2ccccc2F)cc1. The first-order valence-corrected chi connectivity index (χ1v) is 9.38. The largest absolute Gasteiger partial charge is 0.323 e. The molecule has 0 saturated carbocycles. The van der Waals surface area contributed by atoms with E-state index < -0.39 is 11.1 Å². The van der Waals surface area contributed by atoms with Crippen LogP contribution in [0.4, 0.5) is 10.1 Å². The fourth-order valence-electron chi connectivity index (χ4n) is 2.95. The molecule has 1 aromatic heterocycles. The maximum absolute atomic E-state index is 14.0. The number of anilines is 1. The fraction of sp³-hybridized carbons (Fsp3) is 0.211. The highest BCUT2D eigenvalue weighted by Crippen LogP contribution is 2.37. The number of hydrogen-bond acceptors (Lipinski definition) is 5. The minimum absolute atomic E-state index is 0.161. The highest BCUT2D eigenvalue weighted by atomic mass is 32.2. The average molecular weight is 383 g/mol. The Labute approximate surface area is 160 Å². The van der Waals surface area contributed by atoms with Crippen molar-refractivity contribution >= 4 is 23.4 Å². The Bertz CT molecular complexity index is 988. The molecule has 0 fully saturated rings. The minimum Gasteiger partial charge on any atom is -0.323 e. The third-order valence-electron chi connectivity index (χ3n) is 4.43. The van der Waals surface area contributed by atoms with Crippen molar-refractivity contribution in [1.29, 1.82) is 0 Å². The predicted molar refractivity (Wildman–Crippen MR) is 103 cm³/mol. The standard InChI is InChI=1S/C19H18FN5OS/c1-11-7-9-13(10-8-11)16-17(27-19-23-22-12(2)25(19)24-16)18(26)21-15-6-4-3-5-14(15)20/h3-10,16-17,24H,1-2H3,(H,21,26)/t16-,17-/m1/s1. The molecule has 8 heteroatoms. The third-order valence-corrected chi connectivity index (χ3v) is 5.64. The molecule has 1 aliphatic heterocycles. The lowest BCUT2D eigenvalue weighted by molar-refractivity contribution is -0.116. The number of hydrogen-bond donors (Lipinski definition) is 2. The summed E-state index contributed by atoms with van der Waals surface area (Å²) in [6.07, 6.45) is 0. The van der Waals surface area contributed by atoms with E-state index in [1.54, 1.807) is 22.9 Å². The summed E-state index contributed by atoms with van der Waals surface area (Å²) in [7, 11) is 0. The molecule has 27 heavy (non-hydrogen) atoms. The Kier molecular flexibility index (Phi) is 4.57. The third kappa shape index (κ3) is 3.40. The molecular formula is C19H18FN5OS. The summed E-state index contributed by atoms with van der Waals surface area (Å²) in [6.45, 7) is 3.85. The molecule has 3 aromatic rings. The smallest absolute Gasteiger partial charge is 0.240 e. The van der Waals surface area contributed by atoms with Gasteiger partial charge in [-0.25, -0.2) is 9.07 Å². The first-order chi connectivity index (χ1) is 13.0. The number of para-hydroxylation sites is 1. The lowest BCUT2D eigenvalue weighted by Crippen LogP contribution is -2.41. The summed E-state index contributed by atoms with van der Waals surface area (Å²) in [4.78, 5) is 13.0. The number of aromatic nitrogens is 3. The van der Waals surface area contributed by atoms with E-state index >= 15 is 0 Å². The van der Waals surface area contributed by atoms with E-state index in [1.165, 1.54) is 17.8 Å². The van der Waals surface area contributed by atoms with Gasteiger partial charge in [0.05, 0.1) is 11.7 Å². The number of rotatable bonds is 3. The van der Waals surface area contributed by atoms with Gasteiger partial charge in [0.25, 0.3) is 0 Å². The molecule has 0 saturated heterocycles. The van der Waals surface area contributed by atoms with E-state index in [2.05, 4.69) is 20.9 Å². The summed E-state index contributed by atoms with van der Waals surface area (Å²) in [6, 6.07) is 13.8. The van der Waals surface area contributed by atoms with Crippen LogP contribution >= 0.6 is 11.8 Å². The van der Waals surface area contributed by atoms with Crippen LogP contribution in [0.3, 0.4) is 0 Å². The Hall–Kier alpha value is -2.87. The van der Waals surface area contributed by atoms with Crippen molar-refractivity contribution in [2.24, 2.45) is 0 Å². The zero-order chi connectivity index (χ0) is 19.0. The van der Waals surface area contributed by atoms with Gasteiger partial charge in [0.15, 0.2) is 0 Å². The second kappa shape index (κ2) is 7.03. The molecule has 0 spiro atoms. The second-order valence-corrected chi connectivity index (χ2v) is 7.50. The van der Waals surface area contributed by atoms with E-state index in [0.717, 1.165) is 11.1 Å². The van der Waals surface area contributed by atoms with E-state index in [9.17, 15) is 9.18 Å². The number of carbonyl (C=O) groups excluding carboxylic acids is 1. The van der Waals surface area contributed by atoms with Gasteiger partial charge in [0.1, 0.15) is 16.9 Å². The van der Waals surface area contributed by atoms with Crippen LogP contribution in [0.5, 0.6) is 0 Å². The number of fused-ring (bicyclic) bond motifs is 1. The maximum Gasteiger partial charge on any atom is 0.240 e. The van der Waals surface area contributed by atoms with Crippen molar-refractivity contribution in [3.05, 3.63) is 71.3 Å². The molecule has 2 heterocycles. The predicted octanol–water partition coefficient (Wildman–Crippen LogP) is 3.43. The van der Waals surface area contributed by atoms with Crippen molar-refractivity contribution in [2.75, 3.05) is 10.7 Å². The second-order valence-electron chi connectivity index (χ2n) is 6.39. The number of nitrogens with zero attached hydrogens (tertiary/aromatic N) is 3. The van der Waals surface area contributed by atoms with E-state index in [4.69, 9.17) is 0 Å².